The minimum atomic E-state index is -0.172. The Morgan fingerprint density at radius 1 is 1.08 bits per heavy atom. The molecule has 6 nitrogen and oxygen atoms in total. The Bertz CT molecular complexity index is 1570. The van der Waals surface area contributed by atoms with Crippen LogP contribution in [0.3, 0.4) is 0 Å². The lowest BCUT2D eigenvalue weighted by Gasteiger charge is -2.22. The maximum atomic E-state index is 13.5. The second kappa shape index (κ2) is 12.0. The maximum absolute atomic E-state index is 13.5. The van der Waals surface area contributed by atoms with E-state index in [4.69, 9.17) is 26.1 Å². The molecule has 1 heterocycles. The van der Waals surface area contributed by atoms with Crippen LogP contribution in [0.15, 0.2) is 73.4 Å². The highest BCUT2D eigenvalue weighted by Crippen LogP contribution is 2.43. The third-order valence-electron chi connectivity index (χ3n) is 6.77. The Morgan fingerprint density at radius 2 is 1.82 bits per heavy atom. The van der Waals surface area contributed by atoms with Gasteiger partial charge >= 0.3 is 0 Å². The van der Waals surface area contributed by atoms with Crippen molar-refractivity contribution in [3.8, 4) is 11.5 Å². The van der Waals surface area contributed by atoms with E-state index in [1.54, 1.807) is 19.4 Å². The first-order valence-corrected chi connectivity index (χ1v) is 14.4. The molecule has 1 fully saturated rings. The number of benzene rings is 3. The molecular weight excluding hydrogens is 634 g/mol. The number of aromatic nitrogens is 2. The number of nitrogens with zero attached hydrogens (tertiary/aromatic N) is 3. The first kappa shape index (κ1) is 26.9. The zero-order valence-electron chi connectivity index (χ0n) is 20.8. The summed E-state index contributed by atoms with van der Waals surface area (Å²) in [5.41, 5.74) is 2.11. The summed E-state index contributed by atoms with van der Waals surface area (Å²) in [6.45, 7) is 0.275. The average Bonchev–Trinajstić information content (AvgIpc) is 2.95. The van der Waals surface area contributed by atoms with Gasteiger partial charge in [-0.05, 0) is 69.0 Å². The molecule has 1 aliphatic rings. The van der Waals surface area contributed by atoms with Gasteiger partial charge in [-0.2, -0.15) is 9.78 Å². The Kier molecular flexibility index (Phi) is 8.51. The molecule has 0 bridgehead atoms. The highest BCUT2D eigenvalue weighted by atomic mass is 79.9. The molecule has 0 unspecified atom stereocenters. The smallest absolute Gasteiger partial charge is 0.282 e. The fraction of sp³-hybridized carbons (Fsp3) is 0.276. The molecule has 0 aliphatic heterocycles. The Morgan fingerprint density at radius 3 is 2.58 bits per heavy atom. The molecule has 3 aromatic carbocycles. The number of rotatable bonds is 7. The van der Waals surface area contributed by atoms with Crippen LogP contribution in [-0.4, -0.2) is 23.0 Å². The SMILES string of the molecule is COc1cc(C=Nn2c(C3CCCCC3)nc3ccccc3c2=O)c(Br)c(Br)c1OCc1ccccc1Cl. The monoisotopic (exact) mass is 657 g/mol. The zero-order chi connectivity index (χ0) is 26.6. The highest BCUT2D eigenvalue weighted by molar-refractivity contribution is 9.13. The minimum absolute atomic E-state index is 0.172. The van der Waals surface area contributed by atoms with E-state index < -0.39 is 0 Å². The molecule has 0 spiro atoms. The number of para-hydroxylation sites is 1. The van der Waals surface area contributed by atoms with E-state index in [1.807, 2.05) is 48.5 Å². The van der Waals surface area contributed by atoms with Crippen LogP contribution in [0.1, 0.15) is 55.0 Å². The normalized spacial score (nSPS) is 14.3. The highest BCUT2D eigenvalue weighted by Gasteiger charge is 2.23. The molecule has 1 aliphatic carbocycles. The number of methoxy groups -OCH3 is 1. The lowest BCUT2D eigenvalue weighted by molar-refractivity contribution is 0.282. The second-order valence-electron chi connectivity index (χ2n) is 9.19. The van der Waals surface area contributed by atoms with Gasteiger partial charge in [0, 0.05) is 26.5 Å². The van der Waals surface area contributed by atoms with Gasteiger partial charge in [-0.25, -0.2) is 4.98 Å². The van der Waals surface area contributed by atoms with Crippen molar-refractivity contribution in [2.75, 3.05) is 7.11 Å². The molecule has 1 aromatic heterocycles. The van der Waals surface area contributed by atoms with Crippen LogP contribution in [0, 0.1) is 0 Å². The molecule has 9 heteroatoms. The molecule has 0 saturated heterocycles. The molecule has 0 N–H and O–H groups in total. The van der Waals surface area contributed by atoms with Crippen molar-refractivity contribution in [1.29, 1.82) is 0 Å². The van der Waals surface area contributed by atoms with E-state index in [1.165, 1.54) is 11.1 Å². The van der Waals surface area contributed by atoms with Crippen molar-refractivity contribution in [3.05, 3.63) is 95.9 Å². The molecule has 0 radical (unpaired) electrons. The second-order valence-corrected chi connectivity index (χ2v) is 11.2. The molecule has 38 heavy (non-hydrogen) atoms. The molecule has 196 valence electrons. The van der Waals surface area contributed by atoms with Gasteiger partial charge in [0.25, 0.3) is 5.56 Å². The third kappa shape index (κ3) is 5.53. The predicted octanol–water partition coefficient (Wildman–Crippen LogP) is 8.09. The number of hydrogen-bond acceptors (Lipinski definition) is 5. The Labute approximate surface area is 242 Å². The quantitative estimate of drug-likeness (QED) is 0.188. The van der Waals surface area contributed by atoms with E-state index >= 15 is 0 Å². The third-order valence-corrected chi connectivity index (χ3v) is 9.28. The molecular formula is C29H26Br2ClN3O3. The van der Waals surface area contributed by atoms with E-state index in [0.717, 1.165) is 35.7 Å². The lowest BCUT2D eigenvalue weighted by atomic mass is 9.88. The van der Waals surface area contributed by atoms with Gasteiger partial charge in [0.2, 0.25) is 0 Å². The van der Waals surface area contributed by atoms with Crippen molar-refractivity contribution < 1.29 is 9.47 Å². The van der Waals surface area contributed by atoms with Crippen molar-refractivity contribution in [3.63, 3.8) is 0 Å². The fourth-order valence-electron chi connectivity index (χ4n) is 4.75. The lowest BCUT2D eigenvalue weighted by Crippen LogP contribution is -2.25. The summed E-state index contributed by atoms with van der Waals surface area (Å²) in [6.07, 6.45) is 7.12. The first-order valence-electron chi connectivity index (χ1n) is 12.5. The number of ether oxygens (including phenoxy) is 2. The van der Waals surface area contributed by atoms with Crippen LogP contribution >= 0.6 is 43.5 Å². The molecule has 0 amide bonds. The Hall–Kier alpha value is -2.68. The van der Waals surface area contributed by atoms with Crippen molar-refractivity contribution in [1.82, 2.24) is 9.66 Å². The number of fused-ring (bicyclic) bond motifs is 1. The van der Waals surface area contributed by atoms with E-state index in [-0.39, 0.29) is 18.1 Å². The van der Waals surface area contributed by atoms with Crippen LogP contribution < -0.4 is 15.0 Å². The number of halogens is 3. The van der Waals surface area contributed by atoms with Crippen LogP contribution in [0.4, 0.5) is 0 Å². The van der Waals surface area contributed by atoms with Gasteiger partial charge in [-0.15, -0.1) is 0 Å². The van der Waals surface area contributed by atoms with Crippen LogP contribution in [-0.2, 0) is 6.61 Å². The van der Waals surface area contributed by atoms with Crippen LogP contribution in [0.5, 0.6) is 11.5 Å². The van der Waals surface area contributed by atoms with E-state index in [0.29, 0.717) is 43.3 Å². The summed E-state index contributed by atoms with van der Waals surface area (Å²) in [6, 6.07) is 16.8. The summed E-state index contributed by atoms with van der Waals surface area (Å²) in [7, 11) is 1.58. The van der Waals surface area contributed by atoms with Crippen LogP contribution in [0.2, 0.25) is 5.02 Å². The minimum Gasteiger partial charge on any atom is -0.493 e. The van der Waals surface area contributed by atoms with Gasteiger partial charge in [0.1, 0.15) is 12.4 Å². The zero-order valence-corrected chi connectivity index (χ0v) is 24.7. The molecule has 5 rings (SSSR count). The standard InChI is InChI=1S/C29H26Br2ClN3O3/c1-37-24-15-20(25(30)26(31)27(24)38-17-19-11-5-7-13-22(19)32)16-33-35-28(18-9-3-2-4-10-18)34-23-14-8-6-12-21(23)29(35)36/h5-8,11-16,18H,2-4,9-10,17H2,1H3. The Balaban J connectivity index is 1.53. The summed E-state index contributed by atoms with van der Waals surface area (Å²) in [5.74, 6) is 1.96. The largest absolute Gasteiger partial charge is 0.493 e. The summed E-state index contributed by atoms with van der Waals surface area (Å²) < 4.78 is 14.6. The summed E-state index contributed by atoms with van der Waals surface area (Å²) in [4.78, 5) is 18.4. The van der Waals surface area contributed by atoms with Crippen LogP contribution in [0.25, 0.3) is 10.9 Å². The maximum Gasteiger partial charge on any atom is 0.282 e. The molecule has 1 saturated carbocycles. The number of hydrogen-bond donors (Lipinski definition) is 0. The summed E-state index contributed by atoms with van der Waals surface area (Å²) in [5, 5.41) is 5.85. The van der Waals surface area contributed by atoms with Gasteiger partial charge in [-0.1, -0.05) is 61.2 Å². The van der Waals surface area contributed by atoms with Crippen molar-refractivity contribution in [2.24, 2.45) is 5.10 Å². The van der Waals surface area contributed by atoms with Gasteiger partial charge in [-0.3, -0.25) is 4.79 Å². The van der Waals surface area contributed by atoms with E-state index in [9.17, 15) is 4.79 Å². The van der Waals surface area contributed by atoms with Crippen molar-refractivity contribution in [2.45, 2.75) is 44.6 Å². The first-order chi connectivity index (χ1) is 18.5. The van der Waals surface area contributed by atoms with Gasteiger partial charge in [0.05, 0.1) is 28.7 Å². The topological polar surface area (TPSA) is 65.7 Å². The van der Waals surface area contributed by atoms with Crippen molar-refractivity contribution >= 4 is 60.6 Å². The average molecular weight is 660 g/mol. The predicted molar refractivity (Wildman–Crippen MR) is 159 cm³/mol. The fourth-order valence-corrected chi connectivity index (χ4v) is 5.87. The van der Waals surface area contributed by atoms with Gasteiger partial charge in [0.15, 0.2) is 11.5 Å². The van der Waals surface area contributed by atoms with Gasteiger partial charge < -0.3 is 9.47 Å². The van der Waals surface area contributed by atoms with E-state index in [2.05, 4.69) is 37.0 Å². The molecule has 0 atom stereocenters. The molecule has 4 aromatic rings. The summed E-state index contributed by atoms with van der Waals surface area (Å²) >= 11 is 13.6.